The number of urea groups is 1. The van der Waals surface area contributed by atoms with Gasteiger partial charge in [0.05, 0.1) is 0 Å². The zero-order valence-corrected chi connectivity index (χ0v) is 13.2. The summed E-state index contributed by atoms with van der Waals surface area (Å²) in [5.41, 5.74) is 0. The molecule has 20 heavy (non-hydrogen) atoms. The molecule has 1 saturated heterocycles. The summed E-state index contributed by atoms with van der Waals surface area (Å²) >= 11 is 1.66. The summed E-state index contributed by atoms with van der Waals surface area (Å²) in [6.07, 6.45) is 3.87. The molecule has 0 bridgehead atoms. The molecule has 0 atom stereocenters. The number of aromatic nitrogens is 1. The van der Waals surface area contributed by atoms with Crippen LogP contribution >= 0.6 is 11.3 Å². The molecule has 0 radical (unpaired) electrons. The molecule has 1 aromatic rings. The fourth-order valence-corrected chi connectivity index (χ4v) is 3.20. The lowest BCUT2D eigenvalue weighted by Crippen LogP contribution is -2.53. The van der Waals surface area contributed by atoms with Crippen molar-refractivity contribution in [2.45, 2.75) is 26.7 Å². The smallest absolute Gasteiger partial charge is 0.320 e. The van der Waals surface area contributed by atoms with Gasteiger partial charge in [-0.1, -0.05) is 13.8 Å². The van der Waals surface area contributed by atoms with E-state index < -0.39 is 0 Å². The predicted molar refractivity (Wildman–Crippen MR) is 83.5 cm³/mol. The Labute approximate surface area is 125 Å². The molecule has 0 unspecified atom stereocenters. The summed E-state index contributed by atoms with van der Waals surface area (Å²) in [5, 5.41) is 3.06. The molecular weight excluding hydrogens is 272 g/mol. The van der Waals surface area contributed by atoms with Crippen LogP contribution < -0.4 is 4.90 Å². The molecule has 0 spiro atoms. The Hall–Kier alpha value is -1.30. The first-order valence-corrected chi connectivity index (χ1v) is 8.32. The van der Waals surface area contributed by atoms with Gasteiger partial charge in [0.1, 0.15) is 0 Å². The molecule has 0 N–H and O–H groups in total. The lowest BCUT2D eigenvalue weighted by atomic mass is 10.3. The van der Waals surface area contributed by atoms with Gasteiger partial charge in [-0.15, -0.1) is 11.3 Å². The summed E-state index contributed by atoms with van der Waals surface area (Å²) in [6, 6.07) is 0.201. The summed E-state index contributed by atoms with van der Waals surface area (Å²) in [6.45, 7) is 9.31. The van der Waals surface area contributed by atoms with E-state index in [4.69, 9.17) is 0 Å². The molecule has 112 valence electrons. The number of rotatable bonds is 5. The monoisotopic (exact) mass is 296 g/mol. The average Bonchev–Trinajstić information content (AvgIpc) is 3.01. The van der Waals surface area contributed by atoms with Crippen LogP contribution in [0.25, 0.3) is 0 Å². The van der Waals surface area contributed by atoms with Crippen molar-refractivity contribution in [3.8, 4) is 0 Å². The van der Waals surface area contributed by atoms with Gasteiger partial charge in [-0.2, -0.15) is 0 Å². The zero-order valence-electron chi connectivity index (χ0n) is 12.4. The first-order chi connectivity index (χ1) is 9.76. The van der Waals surface area contributed by atoms with Crippen LogP contribution in [0.3, 0.4) is 0 Å². The first kappa shape index (κ1) is 15.1. The van der Waals surface area contributed by atoms with Crippen molar-refractivity contribution < 1.29 is 4.79 Å². The number of piperazine rings is 1. The van der Waals surface area contributed by atoms with E-state index in [-0.39, 0.29) is 6.03 Å². The highest BCUT2D eigenvalue weighted by atomic mass is 32.1. The van der Waals surface area contributed by atoms with Crippen LogP contribution in [0.5, 0.6) is 0 Å². The van der Waals surface area contributed by atoms with Gasteiger partial charge in [0.25, 0.3) is 0 Å². The van der Waals surface area contributed by atoms with E-state index in [0.29, 0.717) is 0 Å². The van der Waals surface area contributed by atoms with Crippen LogP contribution in [-0.2, 0) is 0 Å². The van der Waals surface area contributed by atoms with Crippen molar-refractivity contribution in [1.82, 2.24) is 14.8 Å². The van der Waals surface area contributed by atoms with Gasteiger partial charge in [0.2, 0.25) is 0 Å². The van der Waals surface area contributed by atoms with Crippen LogP contribution in [0.2, 0.25) is 0 Å². The third-order valence-electron chi connectivity index (χ3n) is 3.50. The molecule has 1 fully saturated rings. The zero-order chi connectivity index (χ0) is 14.4. The topological polar surface area (TPSA) is 39.7 Å². The second kappa shape index (κ2) is 7.47. The standard InChI is InChI=1S/C14H24N4OS/c1-3-6-17(7-4-2)14(19)18-10-8-16(9-11-18)13-15-5-12-20-13/h5,12H,3-4,6-11H2,1-2H3. The first-order valence-electron chi connectivity index (χ1n) is 7.44. The normalized spacial score (nSPS) is 15.5. The van der Waals surface area contributed by atoms with Crippen molar-refractivity contribution in [1.29, 1.82) is 0 Å². The SMILES string of the molecule is CCCN(CCC)C(=O)N1CCN(c2nccs2)CC1. The van der Waals surface area contributed by atoms with Gasteiger partial charge in [-0.05, 0) is 12.8 Å². The highest BCUT2D eigenvalue weighted by Crippen LogP contribution is 2.19. The third-order valence-corrected chi connectivity index (χ3v) is 4.33. The molecule has 2 amide bonds. The second-order valence-corrected chi connectivity index (χ2v) is 5.93. The molecule has 0 saturated carbocycles. The van der Waals surface area contributed by atoms with E-state index in [1.54, 1.807) is 11.3 Å². The molecule has 5 nitrogen and oxygen atoms in total. The minimum atomic E-state index is 0.201. The number of hydrogen-bond donors (Lipinski definition) is 0. The lowest BCUT2D eigenvalue weighted by Gasteiger charge is -2.37. The van der Waals surface area contributed by atoms with Gasteiger partial charge >= 0.3 is 6.03 Å². The minimum Gasteiger partial charge on any atom is -0.345 e. The van der Waals surface area contributed by atoms with E-state index in [1.165, 1.54) is 0 Å². The van der Waals surface area contributed by atoms with Gasteiger partial charge in [0, 0.05) is 50.8 Å². The molecule has 0 aliphatic carbocycles. The number of amides is 2. The lowest BCUT2D eigenvalue weighted by molar-refractivity contribution is 0.150. The predicted octanol–water partition coefficient (Wildman–Crippen LogP) is 2.51. The highest BCUT2D eigenvalue weighted by molar-refractivity contribution is 7.13. The highest BCUT2D eigenvalue weighted by Gasteiger charge is 2.25. The van der Waals surface area contributed by atoms with E-state index in [2.05, 4.69) is 23.7 Å². The molecule has 1 aromatic heterocycles. The molecule has 0 aromatic carbocycles. The van der Waals surface area contributed by atoms with E-state index in [0.717, 1.165) is 57.2 Å². The van der Waals surface area contributed by atoms with Crippen molar-refractivity contribution in [3.63, 3.8) is 0 Å². The minimum absolute atomic E-state index is 0.201. The van der Waals surface area contributed by atoms with Crippen molar-refractivity contribution >= 4 is 22.5 Å². The average molecular weight is 296 g/mol. The van der Waals surface area contributed by atoms with Crippen molar-refractivity contribution in [2.75, 3.05) is 44.2 Å². The summed E-state index contributed by atoms with van der Waals surface area (Å²) in [5.74, 6) is 0. The van der Waals surface area contributed by atoms with Crippen molar-refractivity contribution in [2.24, 2.45) is 0 Å². The Kier molecular flexibility index (Phi) is 5.64. The maximum Gasteiger partial charge on any atom is 0.320 e. The number of thiazole rings is 1. The fourth-order valence-electron chi connectivity index (χ4n) is 2.50. The molecule has 1 aliphatic heterocycles. The van der Waals surface area contributed by atoms with Crippen LogP contribution in [0.15, 0.2) is 11.6 Å². The number of anilines is 1. The maximum absolute atomic E-state index is 12.5. The van der Waals surface area contributed by atoms with Gasteiger partial charge in [0.15, 0.2) is 5.13 Å². The second-order valence-electron chi connectivity index (χ2n) is 5.06. The number of carbonyl (C=O) groups is 1. The van der Waals surface area contributed by atoms with Crippen molar-refractivity contribution in [3.05, 3.63) is 11.6 Å². The Bertz CT molecular complexity index is 395. The Balaban J connectivity index is 1.87. The molecule has 1 aliphatic rings. The number of hydrogen-bond acceptors (Lipinski definition) is 4. The summed E-state index contributed by atoms with van der Waals surface area (Å²) in [7, 11) is 0. The third kappa shape index (κ3) is 3.62. The molecule has 2 heterocycles. The largest absolute Gasteiger partial charge is 0.345 e. The van der Waals surface area contributed by atoms with E-state index in [9.17, 15) is 4.79 Å². The molecule has 6 heteroatoms. The molecular formula is C14H24N4OS. The van der Waals surface area contributed by atoms with Crippen LogP contribution in [-0.4, -0.2) is 60.1 Å². The van der Waals surface area contributed by atoms with Crippen LogP contribution in [0, 0.1) is 0 Å². The van der Waals surface area contributed by atoms with Gasteiger partial charge in [-0.25, -0.2) is 9.78 Å². The Morgan fingerprint density at radius 2 is 1.90 bits per heavy atom. The maximum atomic E-state index is 12.5. The summed E-state index contributed by atoms with van der Waals surface area (Å²) in [4.78, 5) is 23.1. The molecule has 2 rings (SSSR count). The van der Waals surface area contributed by atoms with Gasteiger partial charge in [-0.3, -0.25) is 0 Å². The number of nitrogens with zero attached hydrogens (tertiary/aromatic N) is 4. The summed E-state index contributed by atoms with van der Waals surface area (Å²) < 4.78 is 0. The quantitative estimate of drug-likeness (QED) is 0.838. The van der Waals surface area contributed by atoms with Gasteiger partial charge < -0.3 is 14.7 Å². The number of carbonyl (C=O) groups excluding carboxylic acids is 1. The van der Waals surface area contributed by atoms with E-state index >= 15 is 0 Å². The Morgan fingerprint density at radius 3 is 2.40 bits per heavy atom. The van der Waals surface area contributed by atoms with Crippen LogP contribution in [0.1, 0.15) is 26.7 Å². The van der Waals surface area contributed by atoms with E-state index in [1.807, 2.05) is 21.4 Å². The fraction of sp³-hybridized carbons (Fsp3) is 0.714. The Morgan fingerprint density at radius 1 is 1.25 bits per heavy atom. The van der Waals surface area contributed by atoms with Crippen LogP contribution in [0.4, 0.5) is 9.93 Å².